The van der Waals surface area contributed by atoms with E-state index in [4.69, 9.17) is 0 Å². The zero-order valence-corrected chi connectivity index (χ0v) is 11.4. The van der Waals surface area contributed by atoms with Gasteiger partial charge in [0.15, 0.2) is 5.75 Å². The Kier molecular flexibility index (Phi) is 3.76. The molecule has 18 heavy (non-hydrogen) atoms. The Morgan fingerprint density at radius 1 is 1.39 bits per heavy atom. The molecule has 0 saturated heterocycles. The molecule has 4 nitrogen and oxygen atoms in total. The third kappa shape index (κ3) is 2.43. The molecular weight excluding hydrogens is 228 g/mol. The second-order valence-corrected chi connectivity index (χ2v) is 5.01. The molecule has 0 aromatic carbocycles. The predicted molar refractivity (Wildman–Crippen MR) is 72.0 cm³/mol. The van der Waals surface area contributed by atoms with E-state index in [9.17, 15) is 9.90 Å². The number of nitrogens with zero attached hydrogens (tertiary/aromatic N) is 2. The van der Waals surface area contributed by atoms with Crippen LogP contribution in [0.3, 0.4) is 0 Å². The summed E-state index contributed by atoms with van der Waals surface area (Å²) in [4.78, 5) is 13.9. The molecule has 1 aliphatic rings. The van der Waals surface area contributed by atoms with E-state index < -0.39 is 0 Å². The van der Waals surface area contributed by atoms with Crippen molar-refractivity contribution in [1.82, 2.24) is 9.47 Å². The Hall–Kier alpha value is -1.29. The van der Waals surface area contributed by atoms with E-state index in [1.807, 2.05) is 6.92 Å². The van der Waals surface area contributed by atoms with Crippen molar-refractivity contribution in [2.45, 2.75) is 46.2 Å². The Morgan fingerprint density at radius 3 is 2.50 bits per heavy atom. The van der Waals surface area contributed by atoms with E-state index in [0.717, 1.165) is 37.3 Å². The van der Waals surface area contributed by atoms with Crippen LogP contribution in [0.2, 0.25) is 0 Å². The Labute approximate surface area is 108 Å². The molecule has 1 aromatic heterocycles. The second kappa shape index (κ2) is 5.14. The van der Waals surface area contributed by atoms with Gasteiger partial charge in [-0.3, -0.25) is 9.69 Å². The quantitative estimate of drug-likeness (QED) is 0.870. The monoisotopic (exact) mass is 250 g/mol. The van der Waals surface area contributed by atoms with Crippen LogP contribution in [0.1, 0.15) is 44.1 Å². The normalized spacial score (nSPS) is 15.3. The molecule has 1 fully saturated rings. The molecule has 1 saturated carbocycles. The third-order valence-corrected chi connectivity index (χ3v) is 3.70. The van der Waals surface area contributed by atoms with Crippen molar-refractivity contribution >= 4 is 0 Å². The van der Waals surface area contributed by atoms with Gasteiger partial charge in [-0.25, -0.2) is 0 Å². The largest absolute Gasteiger partial charge is 0.503 e. The van der Waals surface area contributed by atoms with Crippen molar-refractivity contribution in [3.8, 4) is 5.75 Å². The maximum Gasteiger partial charge on any atom is 0.223 e. The Morgan fingerprint density at radius 2 is 2.00 bits per heavy atom. The van der Waals surface area contributed by atoms with E-state index in [1.54, 1.807) is 6.07 Å². The summed E-state index contributed by atoms with van der Waals surface area (Å²) >= 11 is 0. The molecule has 0 spiro atoms. The summed E-state index contributed by atoms with van der Waals surface area (Å²) in [5.74, 6) is -0.0700. The molecule has 0 bridgehead atoms. The lowest BCUT2D eigenvalue weighted by Gasteiger charge is -2.23. The van der Waals surface area contributed by atoms with Crippen LogP contribution in [0, 0.1) is 6.92 Å². The van der Waals surface area contributed by atoms with Gasteiger partial charge in [-0.05, 0) is 32.9 Å². The molecule has 0 amide bonds. The van der Waals surface area contributed by atoms with Crippen molar-refractivity contribution in [2.75, 3.05) is 13.1 Å². The lowest BCUT2D eigenvalue weighted by atomic mass is 10.2. The lowest BCUT2D eigenvalue weighted by molar-refractivity contribution is 0.279. The zero-order chi connectivity index (χ0) is 13.3. The molecule has 0 radical (unpaired) electrons. The van der Waals surface area contributed by atoms with Gasteiger partial charge >= 0.3 is 0 Å². The topological polar surface area (TPSA) is 45.5 Å². The van der Waals surface area contributed by atoms with Gasteiger partial charge in [-0.2, -0.15) is 0 Å². The van der Waals surface area contributed by atoms with Gasteiger partial charge in [0.2, 0.25) is 5.43 Å². The molecule has 0 aliphatic heterocycles. The minimum absolute atomic E-state index is 0.0700. The van der Waals surface area contributed by atoms with Crippen LogP contribution in [0.15, 0.2) is 10.9 Å². The first kappa shape index (κ1) is 13.1. The minimum Gasteiger partial charge on any atom is -0.503 e. The fourth-order valence-corrected chi connectivity index (χ4v) is 2.45. The summed E-state index contributed by atoms with van der Waals surface area (Å²) in [6.07, 6.45) is 2.29. The third-order valence-electron chi connectivity index (χ3n) is 3.70. The lowest BCUT2D eigenvalue weighted by Crippen LogP contribution is -2.26. The summed E-state index contributed by atoms with van der Waals surface area (Å²) in [6.45, 7) is 8.62. The average Bonchev–Trinajstić information content (AvgIpc) is 3.16. The van der Waals surface area contributed by atoms with Gasteiger partial charge in [0, 0.05) is 24.3 Å². The highest BCUT2D eigenvalue weighted by Crippen LogP contribution is 2.38. The standard InChI is InChI=1S/C14H22N2O2/c1-4-15(5-2)9-12-14(18)13(17)8-10(3)16(12)11-6-7-11/h8,11,18H,4-7,9H2,1-3H3. The van der Waals surface area contributed by atoms with Crippen LogP contribution in [0.4, 0.5) is 0 Å². The van der Waals surface area contributed by atoms with Crippen molar-refractivity contribution < 1.29 is 5.11 Å². The molecule has 2 rings (SSSR count). The molecule has 1 heterocycles. The maximum absolute atomic E-state index is 11.7. The number of pyridine rings is 1. The van der Waals surface area contributed by atoms with Gasteiger partial charge < -0.3 is 9.67 Å². The van der Waals surface area contributed by atoms with Crippen LogP contribution in [-0.4, -0.2) is 27.7 Å². The molecule has 0 atom stereocenters. The van der Waals surface area contributed by atoms with Crippen LogP contribution < -0.4 is 5.43 Å². The Balaban J connectivity index is 2.45. The molecule has 100 valence electrons. The molecule has 1 N–H and O–H groups in total. The average molecular weight is 250 g/mol. The second-order valence-electron chi connectivity index (χ2n) is 5.01. The molecule has 4 heteroatoms. The summed E-state index contributed by atoms with van der Waals surface area (Å²) < 4.78 is 2.15. The van der Waals surface area contributed by atoms with E-state index in [0.29, 0.717) is 12.6 Å². The van der Waals surface area contributed by atoms with Crippen LogP contribution >= 0.6 is 0 Å². The van der Waals surface area contributed by atoms with E-state index in [-0.39, 0.29) is 11.2 Å². The van der Waals surface area contributed by atoms with Gasteiger partial charge in [-0.1, -0.05) is 13.8 Å². The summed E-state index contributed by atoms with van der Waals surface area (Å²) in [7, 11) is 0. The van der Waals surface area contributed by atoms with Crippen molar-refractivity contribution in [3.05, 3.63) is 27.7 Å². The molecular formula is C14H22N2O2. The van der Waals surface area contributed by atoms with Gasteiger partial charge in [0.25, 0.3) is 0 Å². The smallest absolute Gasteiger partial charge is 0.223 e. The number of aromatic hydroxyl groups is 1. The summed E-state index contributed by atoms with van der Waals surface area (Å²) in [6, 6.07) is 2.02. The van der Waals surface area contributed by atoms with E-state index in [2.05, 4.69) is 23.3 Å². The molecule has 1 aliphatic carbocycles. The fourth-order valence-electron chi connectivity index (χ4n) is 2.45. The first-order valence-corrected chi connectivity index (χ1v) is 6.74. The minimum atomic E-state index is -0.258. The van der Waals surface area contributed by atoms with Crippen molar-refractivity contribution in [2.24, 2.45) is 0 Å². The highest BCUT2D eigenvalue weighted by atomic mass is 16.3. The number of hydrogen-bond donors (Lipinski definition) is 1. The highest BCUT2D eigenvalue weighted by Gasteiger charge is 2.28. The summed E-state index contributed by atoms with van der Waals surface area (Å²) in [5, 5.41) is 10.1. The van der Waals surface area contributed by atoms with Gasteiger partial charge in [0.1, 0.15) is 0 Å². The highest BCUT2D eigenvalue weighted by molar-refractivity contribution is 5.31. The summed E-state index contributed by atoms with van der Waals surface area (Å²) in [5.41, 5.74) is 1.49. The predicted octanol–water partition coefficient (Wildman–Crippen LogP) is 2.04. The van der Waals surface area contributed by atoms with Crippen LogP contribution in [0.5, 0.6) is 5.75 Å². The molecule has 0 unspecified atom stereocenters. The Bertz CT molecular complexity index is 485. The first-order valence-electron chi connectivity index (χ1n) is 6.74. The van der Waals surface area contributed by atoms with Crippen LogP contribution in [0.25, 0.3) is 0 Å². The van der Waals surface area contributed by atoms with Gasteiger partial charge in [-0.15, -0.1) is 0 Å². The molecule has 1 aromatic rings. The number of aromatic nitrogens is 1. The van der Waals surface area contributed by atoms with Crippen LogP contribution in [-0.2, 0) is 6.54 Å². The number of rotatable bonds is 5. The van der Waals surface area contributed by atoms with E-state index >= 15 is 0 Å². The SMILES string of the molecule is CCN(CC)Cc1c(O)c(=O)cc(C)n1C1CC1. The van der Waals surface area contributed by atoms with Crippen molar-refractivity contribution in [3.63, 3.8) is 0 Å². The van der Waals surface area contributed by atoms with E-state index in [1.165, 1.54) is 0 Å². The first-order chi connectivity index (χ1) is 8.58. The van der Waals surface area contributed by atoms with Crippen molar-refractivity contribution in [1.29, 1.82) is 0 Å². The van der Waals surface area contributed by atoms with Gasteiger partial charge in [0.05, 0.1) is 5.69 Å². The maximum atomic E-state index is 11.7. The fraction of sp³-hybridized carbons (Fsp3) is 0.643. The zero-order valence-electron chi connectivity index (χ0n) is 11.4. The number of aryl methyl sites for hydroxylation is 1. The number of hydrogen-bond acceptors (Lipinski definition) is 3.